The van der Waals surface area contributed by atoms with Gasteiger partial charge in [0, 0.05) is 36.1 Å². The van der Waals surface area contributed by atoms with Crippen molar-refractivity contribution in [2.45, 2.75) is 38.5 Å². The Morgan fingerprint density at radius 2 is 1.91 bits per heavy atom. The van der Waals surface area contributed by atoms with E-state index < -0.39 is 0 Å². The van der Waals surface area contributed by atoms with Crippen LogP contribution >= 0.6 is 11.3 Å². The van der Waals surface area contributed by atoms with Gasteiger partial charge in [0.2, 0.25) is 0 Å². The molecule has 1 aromatic heterocycles. The number of hydrogen-bond acceptors (Lipinski definition) is 6. The maximum Gasteiger partial charge on any atom is 0.270 e. The van der Waals surface area contributed by atoms with Gasteiger partial charge in [0.15, 0.2) is 0 Å². The van der Waals surface area contributed by atoms with Crippen LogP contribution in [-0.4, -0.2) is 36.1 Å². The Bertz CT molecular complexity index is 1070. The summed E-state index contributed by atoms with van der Waals surface area (Å²) in [4.78, 5) is 19.1. The van der Waals surface area contributed by atoms with Crippen molar-refractivity contribution in [2.24, 2.45) is 0 Å². The van der Waals surface area contributed by atoms with Crippen LogP contribution in [-0.2, 0) is 19.6 Å². The summed E-state index contributed by atoms with van der Waals surface area (Å²) in [6.07, 6.45) is 2.08. The first-order chi connectivity index (χ1) is 15.5. The lowest BCUT2D eigenvalue weighted by molar-refractivity contribution is 0.0946. The number of hydrogen-bond donors (Lipinski definition) is 1. The van der Waals surface area contributed by atoms with Crippen molar-refractivity contribution in [3.63, 3.8) is 0 Å². The van der Waals surface area contributed by atoms with Gasteiger partial charge >= 0.3 is 0 Å². The second-order valence-corrected chi connectivity index (χ2v) is 8.77. The van der Waals surface area contributed by atoms with E-state index in [0.29, 0.717) is 31.4 Å². The Kier molecular flexibility index (Phi) is 7.02. The number of halogens is 1. The molecule has 1 N–H and O–H groups in total. The molecule has 32 heavy (non-hydrogen) atoms. The minimum atomic E-state index is -0.261. The molecule has 1 amide bonds. The highest BCUT2D eigenvalue weighted by atomic mass is 32.1. The van der Waals surface area contributed by atoms with E-state index in [0.717, 1.165) is 40.5 Å². The van der Waals surface area contributed by atoms with Gasteiger partial charge in [0.25, 0.3) is 5.91 Å². The predicted octanol–water partition coefficient (Wildman–Crippen LogP) is 4.39. The average Bonchev–Trinajstić information content (AvgIpc) is 3.49. The summed E-state index contributed by atoms with van der Waals surface area (Å²) in [5.41, 5.74) is 2.45. The average molecular weight is 456 g/mol. The third-order valence-corrected chi connectivity index (χ3v) is 6.10. The van der Waals surface area contributed by atoms with E-state index in [1.807, 2.05) is 18.2 Å². The summed E-state index contributed by atoms with van der Waals surface area (Å²) in [6, 6.07) is 12.5. The maximum absolute atomic E-state index is 13.4. The summed E-state index contributed by atoms with van der Waals surface area (Å²) < 4.78 is 24.2. The summed E-state index contributed by atoms with van der Waals surface area (Å²) in [5, 5.41) is 5.63. The molecule has 1 saturated carbocycles. The molecule has 1 aliphatic rings. The first-order valence-electron chi connectivity index (χ1n) is 10.5. The molecule has 0 spiro atoms. The summed E-state index contributed by atoms with van der Waals surface area (Å²) in [7, 11) is 3.25. The summed E-state index contributed by atoms with van der Waals surface area (Å²) in [5.74, 6) is 1.08. The monoisotopic (exact) mass is 455 g/mol. The van der Waals surface area contributed by atoms with Crippen LogP contribution in [0, 0.1) is 5.82 Å². The Morgan fingerprint density at radius 1 is 1.12 bits per heavy atom. The van der Waals surface area contributed by atoms with E-state index in [2.05, 4.69) is 15.2 Å². The van der Waals surface area contributed by atoms with Crippen LogP contribution < -0.4 is 14.8 Å². The van der Waals surface area contributed by atoms with Crippen molar-refractivity contribution >= 4 is 17.2 Å². The molecule has 0 bridgehead atoms. The van der Waals surface area contributed by atoms with Crippen molar-refractivity contribution in [1.82, 2.24) is 15.2 Å². The molecule has 1 fully saturated rings. The zero-order chi connectivity index (χ0) is 22.5. The zero-order valence-corrected chi connectivity index (χ0v) is 19.0. The molecular weight excluding hydrogens is 429 g/mol. The van der Waals surface area contributed by atoms with Gasteiger partial charge in [-0.05, 0) is 36.6 Å². The van der Waals surface area contributed by atoms with Crippen LogP contribution in [0.4, 0.5) is 4.39 Å². The third kappa shape index (κ3) is 5.83. The number of benzene rings is 2. The summed E-state index contributed by atoms with van der Waals surface area (Å²) in [6.45, 7) is 1.74. The molecule has 0 aliphatic heterocycles. The van der Waals surface area contributed by atoms with Crippen LogP contribution in [0.2, 0.25) is 0 Å². The van der Waals surface area contributed by atoms with E-state index in [-0.39, 0.29) is 11.7 Å². The number of carbonyl (C=O) groups excluding carboxylic acids is 1. The van der Waals surface area contributed by atoms with Gasteiger partial charge in [0.1, 0.15) is 28.0 Å². The zero-order valence-electron chi connectivity index (χ0n) is 18.1. The number of methoxy groups -OCH3 is 2. The van der Waals surface area contributed by atoms with E-state index in [4.69, 9.17) is 9.47 Å². The fourth-order valence-corrected chi connectivity index (χ4v) is 4.22. The lowest BCUT2D eigenvalue weighted by Gasteiger charge is -2.23. The molecule has 0 saturated heterocycles. The first-order valence-corrected chi connectivity index (χ1v) is 11.3. The van der Waals surface area contributed by atoms with Gasteiger partial charge < -0.3 is 14.8 Å². The van der Waals surface area contributed by atoms with Gasteiger partial charge in [-0.3, -0.25) is 9.69 Å². The second kappa shape index (κ2) is 10.1. The van der Waals surface area contributed by atoms with E-state index >= 15 is 0 Å². The van der Waals surface area contributed by atoms with Crippen LogP contribution in [0.25, 0.3) is 0 Å². The number of carbonyl (C=O) groups is 1. The Morgan fingerprint density at radius 3 is 2.59 bits per heavy atom. The molecule has 168 valence electrons. The fraction of sp³-hybridized carbons (Fsp3) is 0.333. The smallest absolute Gasteiger partial charge is 0.270 e. The lowest BCUT2D eigenvalue weighted by atomic mass is 10.1. The molecular formula is C24H26FN3O3S. The highest BCUT2D eigenvalue weighted by Crippen LogP contribution is 2.27. The van der Waals surface area contributed by atoms with Crippen molar-refractivity contribution in [1.29, 1.82) is 0 Å². The quantitative estimate of drug-likeness (QED) is 0.491. The number of rotatable bonds is 10. The van der Waals surface area contributed by atoms with Crippen LogP contribution in [0.5, 0.6) is 11.5 Å². The van der Waals surface area contributed by atoms with Crippen LogP contribution in [0.15, 0.2) is 47.8 Å². The van der Waals surface area contributed by atoms with Crippen molar-refractivity contribution in [3.05, 3.63) is 75.5 Å². The molecule has 1 aliphatic carbocycles. The van der Waals surface area contributed by atoms with Crippen LogP contribution in [0.3, 0.4) is 0 Å². The molecule has 6 nitrogen and oxygen atoms in total. The highest BCUT2D eigenvalue weighted by molar-refractivity contribution is 7.09. The molecule has 8 heteroatoms. The van der Waals surface area contributed by atoms with Crippen molar-refractivity contribution < 1.29 is 18.7 Å². The predicted molar refractivity (Wildman–Crippen MR) is 121 cm³/mol. The number of amides is 1. The Balaban J connectivity index is 1.53. The van der Waals surface area contributed by atoms with E-state index in [1.54, 1.807) is 31.7 Å². The van der Waals surface area contributed by atoms with Gasteiger partial charge in [-0.25, -0.2) is 9.37 Å². The summed E-state index contributed by atoms with van der Waals surface area (Å²) >= 11 is 1.47. The standard InChI is InChI=1S/C24H26FN3O3S/c1-30-20-10-5-17(22(11-20)31-2)13-28(12-16-3-6-18(25)7-4-16)14-23-27-21(15-32-23)24(29)26-19-8-9-19/h3-7,10-11,15,19H,8-9,12-14H2,1-2H3,(H,26,29). The molecule has 0 atom stereocenters. The van der Waals surface area contributed by atoms with Crippen molar-refractivity contribution in [3.8, 4) is 11.5 Å². The normalized spacial score (nSPS) is 13.2. The molecule has 0 unspecified atom stereocenters. The van der Waals surface area contributed by atoms with E-state index in [1.165, 1.54) is 23.5 Å². The minimum absolute atomic E-state index is 0.114. The fourth-order valence-electron chi connectivity index (χ4n) is 3.41. The third-order valence-electron chi connectivity index (χ3n) is 5.26. The van der Waals surface area contributed by atoms with Crippen molar-refractivity contribution in [2.75, 3.05) is 14.2 Å². The van der Waals surface area contributed by atoms with Crippen LogP contribution in [0.1, 0.15) is 39.5 Å². The molecule has 3 aromatic rings. The molecule has 2 aromatic carbocycles. The Hall–Kier alpha value is -2.97. The molecule has 0 radical (unpaired) electrons. The van der Waals surface area contributed by atoms with Gasteiger partial charge in [0.05, 0.1) is 20.8 Å². The molecule has 1 heterocycles. The SMILES string of the molecule is COc1ccc(CN(Cc2ccc(F)cc2)Cc2nc(C(=O)NC3CC3)cs2)c(OC)c1. The number of aromatic nitrogens is 1. The van der Waals surface area contributed by atoms with Gasteiger partial charge in [-0.15, -0.1) is 11.3 Å². The maximum atomic E-state index is 13.4. The lowest BCUT2D eigenvalue weighted by Crippen LogP contribution is -2.26. The van der Waals surface area contributed by atoms with E-state index in [9.17, 15) is 9.18 Å². The molecule has 4 rings (SSSR count). The minimum Gasteiger partial charge on any atom is -0.497 e. The number of nitrogens with zero attached hydrogens (tertiary/aromatic N) is 2. The second-order valence-electron chi connectivity index (χ2n) is 7.82. The number of ether oxygens (including phenoxy) is 2. The Labute approximate surface area is 191 Å². The first kappa shape index (κ1) is 22.2. The number of nitrogens with one attached hydrogen (secondary N) is 1. The van der Waals surface area contributed by atoms with Gasteiger partial charge in [-0.1, -0.05) is 18.2 Å². The largest absolute Gasteiger partial charge is 0.497 e. The highest BCUT2D eigenvalue weighted by Gasteiger charge is 2.25. The number of thiazole rings is 1. The topological polar surface area (TPSA) is 63.7 Å². The van der Waals surface area contributed by atoms with Gasteiger partial charge in [-0.2, -0.15) is 0 Å².